The molecule has 170 valence electrons. The zero-order chi connectivity index (χ0) is 23.1. The van der Waals surface area contributed by atoms with E-state index in [0.29, 0.717) is 5.75 Å². The number of carbonyl (C=O) groups excluding carboxylic acids is 3. The van der Waals surface area contributed by atoms with Crippen LogP contribution in [0.1, 0.15) is 15.9 Å². The smallest absolute Gasteiger partial charge is 0.416 e. The van der Waals surface area contributed by atoms with Crippen molar-refractivity contribution in [3.05, 3.63) is 65.7 Å². The topological polar surface area (TPSA) is 79.0 Å². The molecule has 0 aromatic heterocycles. The van der Waals surface area contributed by atoms with Crippen LogP contribution < -0.4 is 10.1 Å². The van der Waals surface area contributed by atoms with E-state index >= 15 is 0 Å². The first-order valence-corrected chi connectivity index (χ1v) is 9.93. The van der Waals surface area contributed by atoms with E-state index in [0.717, 1.165) is 12.1 Å². The maximum Gasteiger partial charge on any atom is 0.416 e. The summed E-state index contributed by atoms with van der Waals surface area (Å²) in [5.74, 6) is -0.741. The van der Waals surface area contributed by atoms with Crippen LogP contribution in [0.3, 0.4) is 0 Å². The number of benzene rings is 2. The number of ether oxygens (including phenoxy) is 1. The molecule has 3 rings (SSSR count). The van der Waals surface area contributed by atoms with Crippen molar-refractivity contribution in [2.24, 2.45) is 0 Å². The molecule has 0 bridgehead atoms. The highest BCUT2D eigenvalue weighted by atomic mass is 19.4. The highest BCUT2D eigenvalue weighted by Crippen LogP contribution is 2.29. The lowest BCUT2D eigenvalue weighted by molar-refractivity contribution is -0.137. The summed E-state index contributed by atoms with van der Waals surface area (Å²) in [7, 11) is 0. The van der Waals surface area contributed by atoms with E-state index in [1.54, 1.807) is 24.3 Å². The fourth-order valence-corrected chi connectivity index (χ4v) is 3.17. The number of nitrogens with one attached hydrogen (secondary N) is 1. The van der Waals surface area contributed by atoms with Gasteiger partial charge in [0, 0.05) is 31.7 Å². The van der Waals surface area contributed by atoms with Crippen LogP contribution in [0.25, 0.3) is 0 Å². The van der Waals surface area contributed by atoms with Gasteiger partial charge in [0.25, 0.3) is 11.8 Å². The minimum Gasteiger partial charge on any atom is -0.484 e. The van der Waals surface area contributed by atoms with Gasteiger partial charge in [-0.25, -0.2) is 0 Å². The first-order chi connectivity index (χ1) is 15.2. The summed E-state index contributed by atoms with van der Waals surface area (Å²) in [6, 6.07) is 13.0. The van der Waals surface area contributed by atoms with Crippen molar-refractivity contribution >= 4 is 17.7 Å². The normalized spacial score (nSPS) is 14.1. The zero-order valence-electron chi connectivity index (χ0n) is 17.1. The number of alkyl halides is 3. The molecule has 0 aliphatic carbocycles. The molecule has 0 saturated carbocycles. The standard InChI is InChI=1S/C22H22F3N3O4/c23-22(24,25)17-6-4-5-16(13-17)21(31)28-11-9-27(10-12-28)20(30)14-26-19(29)15-32-18-7-2-1-3-8-18/h1-8,13H,9-12,14-15H2,(H,26,29). The summed E-state index contributed by atoms with van der Waals surface area (Å²) in [5.41, 5.74) is -0.936. The summed E-state index contributed by atoms with van der Waals surface area (Å²) >= 11 is 0. The Morgan fingerprint density at radius 2 is 1.56 bits per heavy atom. The van der Waals surface area contributed by atoms with Crippen molar-refractivity contribution in [3.8, 4) is 5.75 Å². The predicted molar refractivity (Wildman–Crippen MR) is 109 cm³/mol. The number of amides is 3. The molecule has 32 heavy (non-hydrogen) atoms. The first-order valence-electron chi connectivity index (χ1n) is 9.93. The van der Waals surface area contributed by atoms with Gasteiger partial charge >= 0.3 is 6.18 Å². The van der Waals surface area contributed by atoms with Gasteiger partial charge in [0.15, 0.2) is 6.61 Å². The van der Waals surface area contributed by atoms with Crippen LogP contribution in [-0.2, 0) is 15.8 Å². The quantitative estimate of drug-likeness (QED) is 0.734. The summed E-state index contributed by atoms with van der Waals surface area (Å²) in [4.78, 5) is 39.6. The number of rotatable bonds is 6. The maximum atomic E-state index is 12.9. The van der Waals surface area contributed by atoms with Gasteiger partial charge in [-0.2, -0.15) is 13.2 Å². The van der Waals surface area contributed by atoms with Gasteiger partial charge in [-0.1, -0.05) is 24.3 Å². The van der Waals surface area contributed by atoms with Gasteiger partial charge in [-0.3, -0.25) is 14.4 Å². The number of hydrogen-bond donors (Lipinski definition) is 1. The largest absolute Gasteiger partial charge is 0.484 e. The highest BCUT2D eigenvalue weighted by molar-refractivity contribution is 5.94. The van der Waals surface area contributed by atoms with Crippen LogP contribution in [0.4, 0.5) is 13.2 Å². The van der Waals surface area contributed by atoms with Crippen molar-refractivity contribution in [1.29, 1.82) is 0 Å². The predicted octanol–water partition coefficient (Wildman–Crippen LogP) is 2.18. The van der Waals surface area contributed by atoms with E-state index in [9.17, 15) is 27.6 Å². The fraction of sp³-hybridized carbons (Fsp3) is 0.318. The molecule has 1 heterocycles. The molecule has 0 spiro atoms. The van der Waals surface area contributed by atoms with Gasteiger partial charge in [0.1, 0.15) is 5.75 Å². The number of hydrogen-bond acceptors (Lipinski definition) is 4. The SMILES string of the molecule is O=C(COc1ccccc1)NCC(=O)N1CCN(C(=O)c2cccc(C(F)(F)F)c2)CC1. The third-order valence-electron chi connectivity index (χ3n) is 4.91. The molecule has 2 aromatic carbocycles. The van der Waals surface area contributed by atoms with Crippen LogP contribution in [0.15, 0.2) is 54.6 Å². The van der Waals surface area contributed by atoms with E-state index in [1.807, 2.05) is 6.07 Å². The van der Waals surface area contributed by atoms with Crippen molar-refractivity contribution in [3.63, 3.8) is 0 Å². The highest BCUT2D eigenvalue weighted by Gasteiger charge is 2.32. The Morgan fingerprint density at radius 1 is 0.906 bits per heavy atom. The number of para-hydroxylation sites is 1. The molecule has 0 radical (unpaired) electrons. The Morgan fingerprint density at radius 3 is 2.22 bits per heavy atom. The number of halogens is 3. The Kier molecular flexibility index (Phi) is 7.34. The molecule has 1 aliphatic heterocycles. The van der Waals surface area contributed by atoms with E-state index < -0.39 is 23.6 Å². The maximum absolute atomic E-state index is 12.9. The second kappa shape index (κ2) is 10.2. The lowest BCUT2D eigenvalue weighted by Crippen LogP contribution is -2.52. The lowest BCUT2D eigenvalue weighted by atomic mass is 10.1. The average molecular weight is 449 g/mol. The van der Waals surface area contributed by atoms with Crippen LogP contribution in [0.2, 0.25) is 0 Å². The van der Waals surface area contributed by atoms with Crippen LogP contribution in [0, 0.1) is 0 Å². The molecule has 1 saturated heterocycles. The van der Waals surface area contributed by atoms with Crippen molar-refractivity contribution in [1.82, 2.24) is 15.1 Å². The summed E-state index contributed by atoms with van der Waals surface area (Å²) in [5, 5.41) is 2.49. The molecule has 7 nitrogen and oxygen atoms in total. The molecule has 1 N–H and O–H groups in total. The molecule has 10 heteroatoms. The number of piperazine rings is 1. The van der Waals surface area contributed by atoms with Crippen LogP contribution >= 0.6 is 0 Å². The van der Waals surface area contributed by atoms with Gasteiger partial charge in [-0.05, 0) is 30.3 Å². The van der Waals surface area contributed by atoms with E-state index in [1.165, 1.54) is 21.9 Å². The summed E-state index contributed by atoms with van der Waals surface area (Å²) in [6.07, 6.45) is -4.53. The van der Waals surface area contributed by atoms with Crippen LogP contribution in [0.5, 0.6) is 5.75 Å². The second-order valence-corrected chi connectivity index (χ2v) is 7.13. The second-order valence-electron chi connectivity index (χ2n) is 7.13. The van der Waals surface area contributed by atoms with Gasteiger partial charge in [0.2, 0.25) is 5.91 Å². The molecule has 0 unspecified atom stereocenters. The average Bonchev–Trinajstić information content (AvgIpc) is 2.81. The third kappa shape index (κ3) is 6.22. The number of nitrogens with zero attached hydrogens (tertiary/aromatic N) is 2. The minimum atomic E-state index is -4.53. The molecule has 1 fully saturated rings. The Labute approximate surface area is 182 Å². The Balaban J connectivity index is 1.43. The van der Waals surface area contributed by atoms with E-state index in [4.69, 9.17) is 4.74 Å². The fourth-order valence-electron chi connectivity index (χ4n) is 3.17. The molecular weight excluding hydrogens is 427 g/mol. The van der Waals surface area contributed by atoms with E-state index in [-0.39, 0.29) is 50.8 Å². The van der Waals surface area contributed by atoms with Crippen LogP contribution in [-0.4, -0.2) is 66.9 Å². The molecule has 2 aromatic rings. The molecule has 1 aliphatic rings. The van der Waals surface area contributed by atoms with Crippen molar-refractivity contribution in [2.45, 2.75) is 6.18 Å². The summed E-state index contributed by atoms with van der Waals surface area (Å²) in [6.45, 7) is 0.382. The Hall–Kier alpha value is -3.56. The first kappa shape index (κ1) is 23.1. The zero-order valence-corrected chi connectivity index (χ0v) is 17.1. The van der Waals surface area contributed by atoms with Crippen molar-refractivity contribution in [2.75, 3.05) is 39.3 Å². The van der Waals surface area contributed by atoms with E-state index in [2.05, 4.69) is 5.32 Å². The van der Waals surface area contributed by atoms with Gasteiger partial charge in [-0.15, -0.1) is 0 Å². The minimum absolute atomic E-state index is 0.0507. The van der Waals surface area contributed by atoms with Gasteiger partial charge in [0.05, 0.1) is 12.1 Å². The molecule has 3 amide bonds. The number of carbonyl (C=O) groups is 3. The van der Waals surface area contributed by atoms with Gasteiger partial charge < -0.3 is 19.9 Å². The lowest BCUT2D eigenvalue weighted by Gasteiger charge is -2.35. The summed E-state index contributed by atoms with van der Waals surface area (Å²) < 4.78 is 43.9. The third-order valence-corrected chi connectivity index (χ3v) is 4.91. The molecule has 0 atom stereocenters. The Bertz CT molecular complexity index is 958. The molecular formula is C22H22F3N3O4. The van der Waals surface area contributed by atoms with Crippen molar-refractivity contribution < 1.29 is 32.3 Å². The monoisotopic (exact) mass is 449 g/mol.